The summed E-state index contributed by atoms with van der Waals surface area (Å²) in [7, 11) is 0. The fourth-order valence-corrected chi connectivity index (χ4v) is 6.32. The number of aromatic nitrogens is 1. The van der Waals surface area contributed by atoms with Crippen LogP contribution in [-0.4, -0.2) is 61.9 Å². The number of anilines is 2. The Bertz CT molecular complexity index is 1170. The van der Waals surface area contributed by atoms with E-state index in [9.17, 15) is 4.79 Å². The molecular weight excluding hydrogens is 479 g/mol. The molecule has 1 saturated carbocycles. The molecule has 6 rings (SSSR count). The summed E-state index contributed by atoms with van der Waals surface area (Å²) in [6.45, 7) is 7.26. The topological polar surface area (TPSA) is 61.0 Å². The van der Waals surface area contributed by atoms with Gasteiger partial charge in [-0.1, -0.05) is 0 Å². The molecule has 1 amide bonds. The van der Waals surface area contributed by atoms with Crippen molar-refractivity contribution in [3.05, 3.63) is 65.6 Å². The van der Waals surface area contributed by atoms with E-state index in [1.807, 2.05) is 34.7 Å². The molecule has 3 atom stereocenters. The molecule has 2 aliphatic heterocycles. The number of hydrogen-bond acceptors (Lipinski definition) is 6. The number of H-pyrrole nitrogens is 1. The highest BCUT2D eigenvalue weighted by Gasteiger charge is 2.57. The van der Waals surface area contributed by atoms with Crippen LogP contribution in [0.15, 0.2) is 54.0 Å². The molecule has 1 aromatic carbocycles. The minimum atomic E-state index is -0.461. The lowest BCUT2D eigenvalue weighted by atomic mass is 10.1. The number of fused-ring (bicyclic) bond motifs is 1. The third kappa shape index (κ3) is 4.63. The summed E-state index contributed by atoms with van der Waals surface area (Å²) in [6.07, 6.45) is 1.50. The summed E-state index contributed by atoms with van der Waals surface area (Å²) in [5.41, 5.74) is 2.31. The van der Waals surface area contributed by atoms with Gasteiger partial charge < -0.3 is 19.4 Å². The number of thiophene rings is 1. The molecule has 7 nitrogen and oxygen atoms in total. The molecule has 1 N–H and O–H groups in total. The number of rotatable bonds is 7. The van der Waals surface area contributed by atoms with Crippen LogP contribution in [0.5, 0.6) is 5.06 Å². The maximum Gasteiger partial charge on any atom is 0.420 e. The van der Waals surface area contributed by atoms with Crippen molar-refractivity contribution < 1.29 is 18.7 Å². The van der Waals surface area contributed by atoms with Gasteiger partial charge in [0, 0.05) is 50.7 Å². The molecule has 1 aliphatic carbocycles. The van der Waals surface area contributed by atoms with Crippen LogP contribution in [0, 0.1) is 23.6 Å². The Morgan fingerprint density at radius 1 is 1.22 bits per heavy atom. The summed E-state index contributed by atoms with van der Waals surface area (Å²) in [4.78, 5) is 22.7. The average Bonchev–Trinajstić information content (AvgIpc) is 3.46. The minimum absolute atomic E-state index is 0.328. The fraction of sp³-hybridized carbons (Fsp3) is 0.444. The van der Waals surface area contributed by atoms with Gasteiger partial charge in [0.1, 0.15) is 5.82 Å². The first-order chi connectivity index (χ1) is 17.6. The normalized spacial score (nSPS) is 24.4. The molecule has 2 saturated heterocycles. The van der Waals surface area contributed by atoms with Gasteiger partial charge in [0.2, 0.25) is 0 Å². The van der Waals surface area contributed by atoms with Crippen molar-refractivity contribution in [1.82, 2.24) is 9.88 Å². The Hall–Kier alpha value is -2.88. The first-order valence-corrected chi connectivity index (χ1v) is 13.5. The van der Waals surface area contributed by atoms with Crippen molar-refractivity contribution in [2.24, 2.45) is 17.8 Å². The van der Waals surface area contributed by atoms with Gasteiger partial charge in [0.15, 0.2) is 5.06 Å². The van der Waals surface area contributed by atoms with Gasteiger partial charge in [-0.25, -0.2) is 9.18 Å². The molecule has 190 valence electrons. The standard InChI is InChI=1S/C27H31FN4O3S/c1-18(24-4-2-8-29-24)31-15-20-21(16-31)22(20)17-32(27(33)35-26-5-3-13-36-26)19-6-7-25(23(28)14-19)30-9-11-34-12-10-30/h2-8,13-14,18,20-22,29H,9-12,15-17H2,1H3. The Balaban J connectivity index is 1.17. The zero-order chi connectivity index (χ0) is 24.6. The van der Waals surface area contributed by atoms with Gasteiger partial charge >= 0.3 is 6.09 Å². The van der Waals surface area contributed by atoms with Crippen molar-refractivity contribution in [3.8, 4) is 5.06 Å². The number of carbonyl (C=O) groups excluding carboxylic acids is 1. The highest BCUT2D eigenvalue weighted by atomic mass is 32.1. The van der Waals surface area contributed by atoms with Gasteiger partial charge in [0.25, 0.3) is 0 Å². The number of benzene rings is 1. The first kappa shape index (κ1) is 23.5. The molecule has 3 unspecified atom stereocenters. The van der Waals surface area contributed by atoms with E-state index >= 15 is 4.39 Å². The average molecular weight is 511 g/mol. The quantitative estimate of drug-likeness (QED) is 0.485. The lowest BCUT2D eigenvalue weighted by Gasteiger charge is -2.30. The van der Waals surface area contributed by atoms with E-state index in [0.29, 0.717) is 73.1 Å². The van der Waals surface area contributed by atoms with Crippen molar-refractivity contribution in [2.45, 2.75) is 13.0 Å². The number of hydrogen-bond donors (Lipinski definition) is 1. The van der Waals surface area contributed by atoms with Crippen molar-refractivity contribution >= 4 is 28.8 Å². The Morgan fingerprint density at radius 2 is 2.03 bits per heavy atom. The second kappa shape index (κ2) is 9.88. The van der Waals surface area contributed by atoms with Crippen LogP contribution in [0.3, 0.4) is 0 Å². The van der Waals surface area contributed by atoms with E-state index < -0.39 is 6.09 Å². The van der Waals surface area contributed by atoms with Crippen LogP contribution in [0.2, 0.25) is 0 Å². The molecule has 9 heteroatoms. The number of piperidine rings is 1. The number of morpholine rings is 1. The molecular formula is C27H31FN4O3S. The van der Waals surface area contributed by atoms with Crippen LogP contribution in [0.4, 0.5) is 20.6 Å². The molecule has 3 aromatic rings. The number of carbonyl (C=O) groups is 1. The van der Waals surface area contributed by atoms with E-state index in [2.05, 4.69) is 22.9 Å². The second-order valence-electron chi connectivity index (χ2n) is 9.89. The molecule has 4 heterocycles. The Kier molecular flexibility index (Phi) is 6.45. The van der Waals surface area contributed by atoms with Crippen molar-refractivity contribution in [2.75, 3.05) is 55.7 Å². The van der Waals surface area contributed by atoms with E-state index in [0.717, 1.165) is 13.1 Å². The van der Waals surface area contributed by atoms with Crippen LogP contribution < -0.4 is 14.5 Å². The summed E-state index contributed by atoms with van der Waals surface area (Å²) < 4.78 is 26.3. The lowest BCUT2D eigenvalue weighted by molar-refractivity contribution is 0.122. The maximum atomic E-state index is 15.2. The van der Waals surface area contributed by atoms with Crippen molar-refractivity contribution in [3.63, 3.8) is 0 Å². The molecule has 0 spiro atoms. The summed E-state index contributed by atoms with van der Waals surface area (Å²) in [5.74, 6) is 1.13. The van der Waals surface area contributed by atoms with Gasteiger partial charge in [-0.2, -0.15) is 0 Å². The third-order valence-electron chi connectivity index (χ3n) is 7.91. The third-order valence-corrected chi connectivity index (χ3v) is 8.66. The molecule has 0 bridgehead atoms. The Labute approximate surface area is 214 Å². The first-order valence-electron chi connectivity index (χ1n) is 12.6. The summed E-state index contributed by atoms with van der Waals surface area (Å²) >= 11 is 1.37. The zero-order valence-electron chi connectivity index (χ0n) is 20.3. The van der Waals surface area contributed by atoms with Crippen LogP contribution >= 0.6 is 11.3 Å². The molecule has 36 heavy (non-hydrogen) atoms. The second-order valence-corrected chi connectivity index (χ2v) is 10.8. The number of nitrogens with zero attached hydrogens (tertiary/aromatic N) is 3. The highest BCUT2D eigenvalue weighted by molar-refractivity contribution is 7.11. The lowest BCUT2D eigenvalue weighted by Crippen LogP contribution is -2.38. The predicted octanol–water partition coefficient (Wildman–Crippen LogP) is 5.00. The molecule has 2 aromatic heterocycles. The molecule has 3 aliphatic rings. The number of halogens is 1. The van der Waals surface area contributed by atoms with Crippen LogP contribution in [0.25, 0.3) is 0 Å². The monoisotopic (exact) mass is 510 g/mol. The molecule has 3 fully saturated rings. The number of amides is 1. The fourth-order valence-electron chi connectivity index (χ4n) is 5.75. The van der Waals surface area contributed by atoms with Crippen LogP contribution in [0.1, 0.15) is 18.7 Å². The largest absolute Gasteiger partial charge is 0.420 e. The smallest absolute Gasteiger partial charge is 0.399 e. The van der Waals surface area contributed by atoms with E-state index in [1.165, 1.54) is 23.1 Å². The van der Waals surface area contributed by atoms with E-state index in [-0.39, 0.29) is 5.82 Å². The zero-order valence-corrected chi connectivity index (χ0v) is 21.1. The number of likely N-dealkylation sites (tertiary alicyclic amines) is 1. The predicted molar refractivity (Wildman–Crippen MR) is 138 cm³/mol. The summed E-state index contributed by atoms with van der Waals surface area (Å²) in [5, 5.41) is 2.41. The maximum absolute atomic E-state index is 15.2. The van der Waals surface area contributed by atoms with Crippen LogP contribution in [-0.2, 0) is 4.74 Å². The van der Waals surface area contributed by atoms with E-state index in [1.54, 1.807) is 17.0 Å². The molecule has 0 radical (unpaired) electrons. The van der Waals surface area contributed by atoms with Gasteiger partial charge in [-0.15, -0.1) is 11.3 Å². The summed E-state index contributed by atoms with van der Waals surface area (Å²) in [6, 6.07) is 13.2. The van der Waals surface area contributed by atoms with Crippen molar-refractivity contribution in [1.29, 1.82) is 0 Å². The minimum Gasteiger partial charge on any atom is -0.399 e. The van der Waals surface area contributed by atoms with Gasteiger partial charge in [-0.05, 0) is 72.5 Å². The van der Waals surface area contributed by atoms with Gasteiger partial charge in [-0.3, -0.25) is 9.80 Å². The van der Waals surface area contributed by atoms with E-state index in [4.69, 9.17) is 9.47 Å². The Morgan fingerprint density at radius 3 is 2.69 bits per heavy atom. The SMILES string of the molecule is CC(c1ccc[nH]1)N1CC2C(CN(C(=O)Oc3cccs3)c3ccc(N4CCOCC4)c(F)c3)C2C1. The van der Waals surface area contributed by atoms with Gasteiger partial charge in [0.05, 0.1) is 24.6 Å². The number of ether oxygens (including phenoxy) is 2. The highest BCUT2D eigenvalue weighted by Crippen LogP contribution is 2.54. The number of nitrogens with one attached hydrogen (secondary N) is 1. The number of aromatic amines is 1.